The molecule has 26 heavy (non-hydrogen) atoms. The highest BCUT2D eigenvalue weighted by Gasteiger charge is 2.50. The van der Waals surface area contributed by atoms with E-state index in [0.29, 0.717) is 24.4 Å². The number of benzene rings is 1. The summed E-state index contributed by atoms with van der Waals surface area (Å²) in [5.41, 5.74) is 1.92. The molecule has 1 aromatic rings. The zero-order valence-corrected chi connectivity index (χ0v) is 15.4. The number of ether oxygens (including phenoxy) is 1. The van der Waals surface area contributed by atoms with Gasteiger partial charge in [-0.2, -0.15) is 0 Å². The lowest BCUT2D eigenvalue weighted by Crippen LogP contribution is -2.32. The third-order valence-electron chi connectivity index (χ3n) is 6.36. The van der Waals surface area contributed by atoms with E-state index < -0.39 is 0 Å². The molecule has 1 aromatic carbocycles. The molecule has 0 radical (unpaired) electrons. The van der Waals surface area contributed by atoms with Gasteiger partial charge >= 0.3 is 0 Å². The summed E-state index contributed by atoms with van der Waals surface area (Å²) in [6.45, 7) is 0. The van der Waals surface area contributed by atoms with Gasteiger partial charge in [0.15, 0.2) is 0 Å². The third kappa shape index (κ3) is 3.01. The van der Waals surface area contributed by atoms with Gasteiger partial charge in [-0.15, -0.1) is 0 Å². The lowest BCUT2D eigenvalue weighted by Gasteiger charge is -2.34. The molecule has 2 aliphatic carbocycles. The molecular weight excluding hydrogens is 326 g/mol. The van der Waals surface area contributed by atoms with E-state index in [0.717, 1.165) is 0 Å². The van der Waals surface area contributed by atoms with Crippen LogP contribution in [-0.4, -0.2) is 25.0 Å². The van der Waals surface area contributed by atoms with Gasteiger partial charge in [0, 0.05) is 7.11 Å². The Bertz CT molecular complexity index is 705. The van der Waals surface area contributed by atoms with Gasteiger partial charge in [0.2, 0.25) is 11.8 Å². The first kappa shape index (κ1) is 17.5. The zero-order chi connectivity index (χ0) is 18.1. The molecule has 0 spiro atoms. The highest BCUT2D eigenvalue weighted by molar-refractivity contribution is 6.22. The van der Waals surface area contributed by atoms with E-state index in [4.69, 9.17) is 4.74 Å². The van der Waals surface area contributed by atoms with E-state index in [2.05, 4.69) is 6.08 Å². The fraction of sp³-hybridized carbons (Fsp3) is 0.545. The van der Waals surface area contributed by atoms with Crippen LogP contribution in [0.1, 0.15) is 44.9 Å². The van der Waals surface area contributed by atoms with Crippen LogP contribution in [0.4, 0.5) is 5.69 Å². The smallest absolute Gasteiger partial charge is 0.238 e. The summed E-state index contributed by atoms with van der Waals surface area (Å²) >= 11 is 0. The number of nitrogens with zero attached hydrogens (tertiary/aromatic N) is 1. The van der Waals surface area contributed by atoms with Gasteiger partial charge < -0.3 is 4.74 Å². The molecule has 3 atom stereocenters. The highest BCUT2D eigenvalue weighted by atomic mass is 16.5. The number of allylic oxidation sites excluding steroid dienone is 1. The molecule has 0 bridgehead atoms. The molecule has 0 unspecified atom stereocenters. The SMILES string of the molecule is CO[C@H](C1=CC[C@H]2C(=O)N(c3ccccc3)C(=O)[C@H]2C1)C1CCCCC1. The quantitative estimate of drug-likeness (QED) is 0.604. The van der Waals surface area contributed by atoms with Crippen molar-refractivity contribution in [2.24, 2.45) is 17.8 Å². The normalized spacial score (nSPS) is 28.0. The minimum atomic E-state index is -0.232. The van der Waals surface area contributed by atoms with Crippen molar-refractivity contribution in [3.63, 3.8) is 0 Å². The van der Waals surface area contributed by atoms with Gasteiger partial charge in [-0.25, -0.2) is 0 Å². The summed E-state index contributed by atoms with van der Waals surface area (Å²) in [5.74, 6) is 0.0108. The van der Waals surface area contributed by atoms with Crippen molar-refractivity contribution in [2.75, 3.05) is 12.0 Å². The first-order valence-corrected chi connectivity index (χ1v) is 9.85. The second kappa shape index (κ2) is 7.36. The molecule has 3 aliphatic rings. The molecule has 4 rings (SSSR count). The van der Waals surface area contributed by atoms with Crippen LogP contribution in [0.5, 0.6) is 0 Å². The van der Waals surface area contributed by atoms with E-state index in [9.17, 15) is 9.59 Å². The lowest BCUT2D eigenvalue weighted by molar-refractivity contribution is -0.122. The van der Waals surface area contributed by atoms with Crippen molar-refractivity contribution in [2.45, 2.75) is 51.0 Å². The van der Waals surface area contributed by atoms with Crippen LogP contribution in [0, 0.1) is 17.8 Å². The van der Waals surface area contributed by atoms with Crippen LogP contribution in [0.3, 0.4) is 0 Å². The zero-order valence-electron chi connectivity index (χ0n) is 15.4. The number of rotatable bonds is 4. The molecule has 1 aliphatic heterocycles. The third-order valence-corrected chi connectivity index (χ3v) is 6.36. The number of hydrogen-bond donors (Lipinski definition) is 0. The Balaban J connectivity index is 1.54. The first-order chi connectivity index (χ1) is 12.7. The van der Waals surface area contributed by atoms with E-state index in [1.54, 1.807) is 7.11 Å². The van der Waals surface area contributed by atoms with E-state index in [-0.39, 0.29) is 29.8 Å². The average Bonchev–Trinajstić information content (AvgIpc) is 2.94. The Morgan fingerprint density at radius 1 is 1.00 bits per heavy atom. The molecule has 2 fully saturated rings. The molecule has 1 saturated carbocycles. The summed E-state index contributed by atoms with van der Waals surface area (Å²) in [4.78, 5) is 27.3. The highest BCUT2D eigenvalue weighted by Crippen LogP contribution is 2.43. The number of fused-ring (bicyclic) bond motifs is 1. The van der Waals surface area contributed by atoms with Crippen molar-refractivity contribution in [1.82, 2.24) is 0 Å². The maximum absolute atomic E-state index is 13.0. The van der Waals surface area contributed by atoms with Crippen LogP contribution < -0.4 is 4.90 Å². The molecular formula is C22H27NO3. The maximum atomic E-state index is 13.0. The van der Waals surface area contributed by atoms with Gasteiger partial charge in [0.1, 0.15) is 0 Å². The topological polar surface area (TPSA) is 46.6 Å². The number of anilines is 1. The van der Waals surface area contributed by atoms with Crippen LogP contribution in [0.15, 0.2) is 42.0 Å². The number of hydrogen-bond acceptors (Lipinski definition) is 3. The largest absolute Gasteiger partial charge is 0.377 e. The number of imide groups is 1. The molecule has 138 valence electrons. The predicted molar refractivity (Wildman–Crippen MR) is 101 cm³/mol. The monoisotopic (exact) mass is 353 g/mol. The summed E-state index contributed by atoms with van der Waals surface area (Å²) in [6.07, 6.45) is 9.85. The second-order valence-electron chi connectivity index (χ2n) is 7.83. The number of amides is 2. The fourth-order valence-electron chi connectivity index (χ4n) is 5.04. The van der Waals surface area contributed by atoms with Gasteiger partial charge in [-0.1, -0.05) is 43.5 Å². The minimum absolute atomic E-state index is 0.0460. The van der Waals surface area contributed by atoms with Gasteiger partial charge in [0.05, 0.1) is 23.6 Å². The van der Waals surface area contributed by atoms with Crippen molar-refractivity contribution >= 4 is 17.5 Å². The van der Waals surface area contributed by atoms with E-state index in [1.807, 2.05) is 30.3 Å². The summed E-state index contributed by atoms with van der Waals surface area (Å²) in [7, 11) is 1.78. The Labute approximate surface area is 155 Å². The molecule has 0 aromatic heterocycles. The molecule has 4 heteroatoms. The van der Waals surface area contributed by atoms with Gasteiger partial charge in [-0.05, 0) is 49.3 Å². The van der Waals surface area contributed by atoms with Gasteiger partial charge in [-0.3, -0.25) is 14.5 Å². The molecule has 2 amide bonds. The first-order valence-electron chi connectivity index (χ1n) is 9.85. The maximum Gasteiger partial charge on any atom is 0.238 e. The van der Waals surface area contributed by atoms with Gasteiger partial charge in [0.25, 0.3) is 0 Å². The number of methoxy groups -OCH3 is 1. The van der Waals surface area contributed by atoms with E-state index in [1.165, 1.54) is 42.6 Å². The van der Waals surface area contributed by atoms with Crippen molar-refractivity contribution in [3.05, 3.63) is 42.0 Å². The van der Waals surface area contributed by atoms with Crippen molar-refractivity contribution in [3.8, 4) is 0 Å². The Morgan fingerprint density at radius 3 is 2.38 bits per heavy atom. The lowest BCUT2D eigenvalue weighted by atomic mass is 9.75. The molecule has 4 nitrogen and oxygen atoms in total. The minimum Gasteiger partial charge on any atom is -0.377 e. The predicted octanol–water partition coefficient (Wildman–Crippen LogP) is 4.11. The van der Waals surface area contributed by atoms with Crippen molar-refractivity contribution in [1.29, 1.82) is 0 Å². The summed E-state index contributed by atoms with van der Waals surface area (Å²) in [5, 5.41) is 0. The van der Waals surface area contributed by atoms with E-state index >= 15 is 0 Å². The standard InChI is InChI=1S/C22H27NO3/c1-26-20(15-8-4-2-5-9-15)16-12-13-18-19(14-16)22(25)23(21(18)24)17-10-6-3-7-11-17/h3,6-7,10-12,15,18-20H,2,4-5,8-9,13-14H2,1H3/t18-,19+,20+/m1/s1. The number of carbonyl (C=O) groups is 2. The molecule has 0 N–H and O–H groups in total. The fourth-order valence-corrected chi connectivity index (χ4v) is 5.04. The molecule has 1 saturated heterocycles. The average molecular weight is 353 g/mol. The second-order valence-corrected chi connectivity index (χ2v) is 7.83. The summed E-state index contributed by atoms with van der Waals surface area (Å²) in [6, 6.07) is 9.30. The Morgan fingerprint density at radius 2 is 1.69 bits per heavy atom. The number of carbonyl (C=O) groups excluding carboxylic acids is 2. The van der Waals surface area contributed by atoms with Crippen LogP contribution in [0.2, 0.25) is 0 Å². The molecule has 1 heterocycles. The summed E-state index contributed by atoms with van der Waals surface area (Å²) < 4.78 is 5.87. The van der Waals surface area contributed by atoms with Crippen LogP contribution in [-0.2, 0) is 14.3 Å². The van der Waals surface area contributed by atoms with Crippen molar-refractivity contribution < 1.29 is 14.3 Å². The number of para-hydroxylation sites is 1. The van der Waals surface area contributed by atoms with Crippen LogP contribution in [0.25, 0.3) is 0 Å². The Hall–Kier alpha value is -1.94. The Kier molecular flexibility index (Phi) is 4.94. The van der Waals surface area contributed by atoms with Crippen LogP contribution >= 0.6 is 0 Å².